The highest BCUT2D eigenvalue weighted by atomic mass is 35.5. The van der Waals surface area contributed by atoms with Crippen LogP contribution in [0, 0.1) is 0 Å². The summed E-state index contributed by atoms with van der Waals surface area (Å²) in [5, 5.41) is 2.94. The molecule has 74 valence electrons. The lowest BCUT2D eigenvalue weighted by atomic mass is 10.3. The van der Waals surface area contributed by atoms with E-state index in [1.165, 1.54) is 11.3 Å². The fourth-order valence-electron chi connectivity index (χ4n) is 1.27. The summed E-state index contributed by atoms with van der Waals surface area (Å²) in [5.41, 5.74) is 0. The van der Waals surface area contributed by atoms with Crippen LogP contribution in [-0.2, 0) is 0 Å². The average molecular weight is 247 g/mol. The van der Waals surface area contributed by atoms with Crippen molar-refractivity contribution >= 4 is 44.6 Å². The molecule has 1 nitrogen and oxygen atoms in total. The second kappa shape index (κ2) is 3.97. The van der Waals surface area contributed by atoms with Crippen LogP contribution in [0.5, 0.6) is 5.06 Å². The second-order valence-corrected chi connectivity index (χ2v) is 4.55. The van der Waals surface area contributed by atoms with Crippen molar-refractivity contribution in [3.05, 3.63) is 28.2 Å². The van der Waals surface area contributed by atoms with Crippen LogP contribution in [0.4, 0.5) is 0 Å². The van der Waals surface area contributed by atoms with Crippen LogP contribution in [0.25, 0.3) is 10.1 Å². The number of thiophene rings is 1. The van der Waals surface area contributed by atoms with Crippen molar-refractivity contribution in [2.24, 2.45) is 0 Å². The summed E-state index contributed by atoms with van der Waals surface area (Å²) >= 11 is 13.7. The summed E-state index contributed by atoms with van der Waals surface area (Å²) in [6.07, 6.45) is 0. The van der Waals surface area contributed by atoms with E-state index >= 15 is 0 Å². The van der Waals surface area contributed by atoms with E-state index in [2.05, 4.69) is 0 Å². The molecule has 0 aliphatic heterocycles. The highest BCUT2D eigenvalue weighted by Crippen LogP contribution is 2.44. The highest BCUT2D eigenvalue weighted by Gasteiger charge is 2.13. The van der Waals surface area contributed by atoms with E-state index in [4.69, 9.17) is 27.9 Å². The van der Waals surface area contributed by atoms with Crippen molar-refractivity contribution in [1.82, 2.24) is 0 Å². The number of benzene rings is 1. The molecule has 1 aromatic heterocycles. The van der Waals surface area contributed by atoms with Gasteiger partial charge in [0, 0.05) is 10.1 Å². The maximum absolute atomic E-state index is 6.14. The smallest absolute Gasteiger partial charge is 0.194 e. The minimum absolute atomic E-state index is 0.615. The third kappa shape index (κ3) is 1.58. The number of fused-ring (bicyclic) bond motifs is 1. The maximum Gasteiger partial charge on any atom is 0.194 e. The third-order valence-electron chi connectivity index (χ3n) is 1.85. The lowest BCUT2D eigenvalue weighted by molar-refractivity contribution is 0.351. The van der Waals surface area contributed by atoms with Gasteiger partial charge in [0.1, 0.15) is 5.02 Å². The zero-order valence-corrected chi connectivity index (χ0v) is 9.84. The standard InChI is InChI=1S/C10H8Cl2OS/c1-2-13-10-9(12)8-6(11)4-3-5-7(8)14-10/h3-5H,2H2,1H3. The minimum atomic E-state index is 0.615. The van der Waals surface area contributed by atoms with Gasteiger partial charge in [-0.2, -0.15) is 0 Å². The van der Waals surface area contributed by atoms with Crippen molar-refractivity contribution in [2.45, 2.75) is 6.92 Å². The highest BCUT2D eigenvalue weighted by molar-refractivity contribution is 7.21. The summed E-state index contributed by atoms with van der Waals surface area (Å²) in [6, 6.07) is 5.73. The van der Waals surface area contributed by atoms with Crippen molar-refractivity contribution in [3.63, 3.8) is 0 Å². The van der Waals surface area contributed by atoms with E-state index in [9.17, 15) is 0 Å². The Hall–Kier alpha value is -0.440. The van der Waals surface area contributed by atoms with Gasteiger partial charge in [0.05, 0.1) is 11.6 Å². The molecule has 1 aromatic carbocycles. The molecule has 0 spiro atoms. The molecule has 0 aliphatic rings. The van der Waals surface area contributed by atoms with Gasteiger partial charge in [-0.05, 0) is 19.1 Å². The molecule has 0 atom stereocenters. The molecule has 4 heteroatoms. The summed E-state index contributed by atoms with van der Waals surface area (Å²) in [4.78, 5) is 0. The number of hydrogen-bond acceptors (Lipinski definition) is 2. The first-order valence-electron chi connectivity index (χ1n) is 4.23. The van der Waals surface area contributed by atoms with Crippen LogP contribution in [-0.4, -0.2) is 6.61 Å². The van der Waals surface area contributed by atoms with Crippen molar-refractivity contribution in [1.29, 1.82) is 0 Å². The Bertz CT molecular complexity index is 464. The van der Waals surface area contributed by atoms with Crippen LogP contribution < -0.4 is 4.74 Å². The first-order chi connectivity index (χ1) is 6.74. The van der Waals surface area contributed by atoms with Crippen molar-refractivity contribution < 1.29 is 4.74 Å². The quantitative estimate of drug-likeness (QED) is 0.753. The largest absolute Gasteiger partial charge is 0.483 e. The van der Waals surface area contributed by atoms with Gasteiger partial charge in [0.2, 0.25) is 0 Å². The lowest BCUT2D eigenvalue weighted by Gasteiger charge is -1.97. The van der Waals surface area contributed by atoms with E-state index in [1.54, 1.807) is 0 Å². The van der Waals surface area contributed by atoms with Crippen molar-refractivity contribution in [3.8, 4) is 5.06 Å². The van der Waals surface area contributed by atoms with Crippen LogP contribution in [0.2, 0.25) is 10.0 Å². The average Bonchev–Trinajstić information content (AvgIpc) is 2.46. The van der Waals surface area contributed by atoms with Crippen LogP contribution in [0.15, 0.2) is 18.2 Å². The zero-order valence-electron chi connectivity index (χ0n) is 7.51. The van der Waals surface area contributed by atoms with Gasteiger partial charge in [0.15, 0.2) is 5.06 Å². The van der Waals surface area contributed by atoms with E-state index in [0.717, 1.165) is 15.1 Å². The Morgan fingerprint density at radius 3 is 2.79 bits per heavy atom. The van der Waals surface area contributed by atoms with Gasteiger partial charge in [-0.15, -0.1) is 0 Å². The number of hydrogen-bond donors (Lipinski definition) is 0. The first kappa shape index (κ1) is 10.1. The van der Waals surface area contributed by atoms with Gasteiger partial charge in [-0.25, -0.2) is 0 Å². The minimum Gasteiger partial charge on any atom is -0.483 e. The maximum atomic E-state index is 6.14. The van der Waals surface area contributed by atoms with E-state index in [0.29, 0.717) is 16.7 Å². The lowest BCUT2D eigenvalue weighted by Crippen LogP contribution is -1.87. The second-order valence-electron chi connectivity index (χ2n) is 2.75. The van der Waals surface area contributed by atoms with Crippen molar-refractivity contribution in [2.75, 3.05) is 6.61 Å². The summed E-state index contributed by atoms with van der Waals surface area (Å²) in [7, 11) is 0. The fraction of sp³-hybridized carbons (Fsp3) is 0.200. The molecule has 0 aliphatic carbocycles. The molecule has 0 unspecified atom stereocenters. The molecule has 0 amide bonds. The number of rotatable bonds is 2. The van der Waals surface area contributed by atoms with Gasteiger partial charge >= 0.3 is 0 Å². The molecule has 2 aromatic rings. The van der Waals surface area contributed by atoms with Gasteiger partial charge in [0.25, 0.3) is 0 Å². The van der Waals surface area contributed by atoms with Gasteiger partial charge in [-0.1, -0.05) is 40.6 Å². The molecule has 0 saturated heterocycles. The molecule has 0 saturated carbocycles. The Balaban J connectivity index is 2.68. The molecule has 0 bridgehead atoms. The number of ether oxygens (including phenoxy) is 1. The van der Waals surface area contributed by atoms with E-state index < -0.39 is 0 Å². The first-order valence-corrected chi connectivity index (χ1v) is 5.80. The molecule has 14 heavy (non-hydrogen) atoms. The van der Waals surface area contributed by atoms with Gasteiger partial charge in [-0.3, -0.25) is 0 Å². The molecule has 0 N–H and O–H groups in total. The molecular formula is C10H8Cl2OS. The van der Waals surface area contributed by atoms with E-state index in [1.807, 2.05) is 25.1 Å². The predicted octanol–water partition coefficient (Wildman–Crippen LogP) is 4.61. The van der Waals surface area contributed by atoms with Crippen LogP contribution >= 0.6 is 34.5 Å². The SMILES string of the molecule is CCOc1sc2cccc(Cl)c2c1Cl. The Morgan fingerprint density at radius 2 is 2.14 bits per heavy atom. The van der Waals surface area contributed by atoms with Gasteiger partial charge < -0.3 is 4.74 Å². The third-order valence-corrected chi connectivity index (χ3v) is 3.71. The molecule has 0 fully saturated rings. The molecule has 0 radical (unpaired) electrons. The Kier molecular flexibility index (Phi) is 2.86. The molecular weight excluding hydrogens is 239 g/mol. The monoisotopic (exact) mass is 246 g/mol. The Labute approximate surface area is 96.2 Å². The Morgan fingerprint density at radius 1 is 1.36 bits per heavy atom. The summed E-state index contributed by atoms with van der Waals surface area (Å²) in [5.74, 6) is 0. The normalized spacial score (nSPS) is 10.8. The number of halogens is 2. The van der Waals surface area contributed by atoms with Crippen LogP contribution in [0.3, 0.4) is 0 Å². The zero-order chi connectivity index (χ0) is 10.1. The van der Waals surface area contributed by atoms with E-state index in [-0.39, 0.29) is 0 Å². The summed E-state index contributed by atoms with van der Waals surface area (Å²) in [6.45, 7) is 2.55. The topological polar surface area (TPSA) is 9.23 Å². The predicted molar refractivity (Wildman–Crippen MR) is 63.0 cm³/mol. The molecule has 2 rings (SSSR count). The fourth-order valence-corrected chi connectivity index (χ4v) is 3.11. The molecule has 1 heterocycles. The van der Waals surface area contributed by atoms with Crippen LogP contribution in [0.1, 0.15) is 6.92 Å². The summed E-state index contributed by atoms with van der Waals surface area (Å²) < 4.78 is 6.47.